The van der Waals surface area contributed by atoms with Crippen molar-refractivity contribution < 1.29 is 24.0 Å². The van der Waals surface area contributed by atoms with Gasteiger partial charge in [0.25, 0.3) is 11.5 Å². The second kappa shape index (κ2) is 7.97. The van der Waals surface area contributed by atoms with Gasteiger partial charge in [0, 0.05) is 22.6 Å². The van der Waals surface area contributed by atoms with E-state index in [9.17, 15) is 29.2 Å². The zero-order valence-corrected chi connectivity index (χ0v) is 17.7. The summed E-state index contributed by atoms with van der Waals surface area (Å²) in [6, 6.07) is 9.13. The van der Waals surface area contributed by atoms with Crippen molar-refractivity contribution >= 4 is 39.6 Å². The third kappa shape index (κ3) is 3.54. The Morgan fingerprint density at radius 3 is 2.28 bits per heavy atom. The van der Waals surface area contributed by atoms with Crippen molar-refractivity contribution in [2.45, 2.75) is 19.9 Å². The maximum Gasteiger partial charge on any atom is 0.301 e. The fourth-order valence-corrected chi connectivity index (χ4v) is 4.38. The maximum atomic E-state index is 13.3. The molecule has 2 aromatic carbocycles. The second-order valence-electron chi connectivity index (χ2n) is 7.16. The van der Waals surface area contributed by atoms with Crippen molar-refractivity contribution in [1.82, 2.24) is 4.98 Å². The summed E-state index contributed by atoms with van der Waals surface area (Å²) in [5.41, 5.74) is 0.853. The lowest BCUT2D eigenvalue weighted by Crippen LogP contribution is -2.29. The molecule has 0 radical (unpaired) electrons. The SMILES string of the molecule is Cc1nc(N2C(=O)C(=O)/C(=C(/O)c3ccc(F)cc3)C2c2ccc([N+](=O)[O-])cc2)sc1C. The lowest BCUT2D eigenvalue weighted by molar-refractivity contribution is -0.384. The monoisotopic (exact) mass is 453 g/mol. The van der Waals surface area contributed by atoms with E-state index in [0.29, 0.717) is 11.3 Å². The van der Waals surface area contributed by atoms with Crippen LogP contribution >= 0.6 is 11.3 Å². The first-order valence-electron chi connectivity index (χ1n) is 9.44. The number of amides is 1. The number of nitro groups is 1. The average Bonchev–Trinajstić information content (AvgIpc) is 3.23. The molecule has 1 aliphatic rings. The van der Waals surface area contributed by atoms with Gasteiger partial charge in [-0.2, -0.15) is 0 Å². The zero-order valence-electron chi connectivity index (χ0n) is 16.9. The average molecular weight is 453 g/mol. The quantitative estimate of drug-likeness (QED) is 0.205. The highest BCUT2D eigenvalue weighted by Crippen LogP contribution is 2.43. The minimum Gasteiger partial charge on any atom is -0.507 e. The number of anilines is 1. The van der Waals surface area contributed by atoms with Crippen LogP contribution in [0.5, 0.6) is 0 Å². The molecule has 0 aliphatic carbocycles. The predicted octanol–water partition coefficient (Wildman–Crippen LogP) is 4.43. The third-order valence-corrected chi connectivity index (χ3v) is 6.28. The van der Waals surface area contributed by atoms with Crippen molar-refractivity contribution in [3.8, 4) is 0 Å². The van der Waals surface area contributed by atoms with Gasteiger partial charge in [-0.05, 0) is 55.8 Å². The molecule has 0 saturated carbocycles. The van der Waals surface area contributed by atoms with Crippen LogP contribution in [0.2, 0.25) is 0 Å². The Hall–Kier alpha value is -3.92. The Morgan fingerprint density at radius 2 is 1.75 bits per heavy atom. The Kier molecular flexibility index (Phi) is 5.31. The lowest BCUT2D eigenvalue weighted by atomic mass is 9.95. The second-order valence-corrected chi connectivity index (χ2v) is 8.34. The number of Topliss-reactive ketones (excluding diaryl/α,β-unsaturated/α-hetero) is 1. The van der Waals surface area contributed by atoms with Crippen molar-refractivity contribution in [1.29, 1.82) is 0 Å². The highest BCUT2D eigenvalue weighted by Gasteiger charge is 2.48. The summed E-state index contributed by atoms with van der Waals surface area (Å²) in [6.45, 7) is 3.60. The van der Waals surface area contributed by atoms with E-state index in [2.05, 4.69) is 4.98 Å². The van der Waals surface area contributed by atoms with Crippen molar-refractivity contribution in [2.24, 2.45) is 0 Å². The van der Waals surface area contributed by atoms with Crippen LogP contribution in [0.3, 0.4) is 0 Å². The summed E-state index contributed by atoms with van der Waals surface area (Å²) in [5.74, 6) is -2.81. The molecule has 0 bridgehead atoms. The molecule has 1 atom stereocenters. The molecule has 1 aliphatic heterocycles. The first-order valence-corrected chi connectivity index (χ1v) is 10.3. The standard InChI is InChI=1S/C22H16FN3O5S/c1-11-12(2)32-22(24-11)25-18(13-5-9-16(10-6-13)26(30)31)17(20(28)21(25)29)19(27)14-3-7-15(23)8-4-14/h3-10,18,27H,1-2H3/b19-17+. The van der Waals surface area contributed by atoms with Gasteiger partial charge < -0.3 is 5.11 Å². The van der Waals surface area contributed by atoms with Crippen LogP contribution in [0.25, 0.3) is 5.76 Å². The van der Waals surface area contributed by atoms with Gasteiger partial charge in [-0.3, -0.25) is 24.6 Å². The molecular weight excluding hydrogens is 437 g/mol. The molecule has 3 aromatic rings. The number of nitro benzene ring substituents is 1. The summed E-state index contributed by atoms with van der Waals surface area (Å²) in [4.78, 5) is 42.9. The number of aromatic nitrogens is 1. The van der Waals surface area contributed by atoms with E-state index in [4.69, 9.17) is 0 Å². The van der Waals surface area contributed by atoms with Crippen LogP contribution in [0.4, 0.5) is 15.2 Å². The van der Waals surface area contributed by atoms with E-state index in [-0.39, 0.29) is 22.0 Å². The summed E-state index contributed by atoms with van der Waals surface area (Å²) in [7, 11) is 0. The van der Waals surface area contributed by atoms with Crippen molar-refractivity contribution in [2.75, 3.05) is 4.90 Å². The van der Waals surface area contributed by atoms with Gasteiger partial charge in [-0.25, -0.2) is 9.37 Å². The van der Waals surface area contributed by atoms with Gasteiger partial charge in [0.05, 0.1) is 22.2 Å². The molecule has 0 spiro atoms. The summed E-state index contributed by atoms with van der Waals surface area (Å²) in [6.07, 6.45) is 0. The van der Waals surface area contributed by atoms with Crippen LogP contribution in [-0.4, -0.2) is 26.7 Å². The van der Waals surface area contributed by atoms with E-state index >= 15 is 0 Å². The first kappa shape index (κ1) is 21.3. The number of aliphatic hydroxyl groups excluding tert-OH is 1. The molecule has 32 heavy (non-hydrogen) atoms. The van der Waals surface area contributed by atoms with E-state index in [1.54, 1.807) is 6.92 Å². The number of hydrogen-bond donors (Lipinski definition) is 1. The van der Waals surface area contributed by atoms with E-state index in [1.807, 2.05) is 6.92 Å². The predicted molar refractivity (Wildman–Crippen MR) is 116 cm³/mol. The van der Waals surface area contributed by atoms with Gasteiger partial charge in [0.1, 0.15) is 11.6 Å². The van der Waals surface area contributed by atoms with Gasteiger partial charge in [-0.1, -0.05) is 0 Å². The first-order chi connectivity index (χ1) is 15.2. The molecule has 2 heterocycles. The van der Waals surface area contributed by atoms with Gasteiger partial charge in [-0.15, -0.1) is 11.3 Å². The maximum absolute atomic E-state index is 13.3. The smallest absolute Gasteiger partial charge is 0.301 e. The van der Waals surface area contributed by atoms with Crippen LogP contribution in [0.1, 0.15) is 27.7 Å². The van der Waals surface area contributed by atoms with Crippen LogP contribution < -0.4 is 4.90 Å². The number of rotatable bonds is 4. The fourth-order valence-electron chi connectivity index (χ4n) is 3.45. The molecule has 162 valence electrons. The molecule has 1 unspecified atom stereocenters. The molecule has 1 fully saturated rings. The number of hydrogen-bond acceptors (Lipinski definition) is 7. The Labute approximate surface area is 185 Å². The number of nitrogens with zero attached hydrogens (tertiary/aromatic N) is 3. The Bertz CT molecular complexity index is 1260. The fraction of sp³-hybridized carbons (Fsp3) is 0.136. The molecule has 1 N–H and O–H groups in total. The minimum absolute atomic E-state index is 0.155. The van der Waals surface area contributed by atoms with Gasteiger partial charge in [0.2, 0.25) is 0 Å². The number of halogens is 1. The van der Waals surface area contributed by atoms with E-state index in [1.165, 1.54) is 52.6 Å². The Morgan fingerprint density at radius 1 is 1.12 bits per heavy atom. The number of ketones is 1. The number of benzene rings is 2. The molecule has 1 aromatic heterocycles. The summed E-state index contributed by atoms with van der Waals surface area (Å²) in [5, 5.41) is 22.2. The Balaban J connectivity index is 1.93. The molecular formula is C22H16FN3O5S. The van der Waals surface area contributed by atoms with Gasteiger partial charge >= 0.3 is 5.91 Å². The molecule has 1 saturated heterocycles. The molecule has 8 nitrogen and oxygen atoms in total. The van der Waals surface area contributed by atoms with E-state index in [0.717, 1.165) is 17.0 Å². The van der Waals surface area contributed by atoms with Crippen molar-refractivity contribution in [3.05, 3.63) is 91.7 Å². The summed E-state index contributed by atoms with van der Waals surface area (Å²) >= 11 is 1.22. The van der Waals surface area contributed by atoms with Crippen molar-refractivity contribution in [3.63, 3.8) is 0 Å². The largest absolute Gasteiger partial charge is 0.507 e. The summed E-state index contributed by atoms with van der Waals surface area (Å²) < 4.78 is 13.3. The number of carbonyl (C=O) groups excluding carboxylic acids is 2. The van der Waals surface area contributed by atoms with Crippen LogP contribution in [-0.2, 0) is 9.59 Å². The number of carbonyl (C=O) groups is 2. The lowest BCUT2D eigenvalue weighted by Gasteiger charge is -2.23. The van der Waals surface area contributed by atoms with E-state index < -0.39 is 34.2 Å². The topological polar surface area (TPSA) is 114 Å². The molecule has 4 rings (SSSR count). The highest BCUT2D eigenvalue weighted by atomic mass is 32.1. The third-order valence-electron chi connectivity index (χ3n) is 5.21. The number of non-ortho nitro benzene ring substituents is 1. The number of aryl methyl sites for hydroxylation is 2. The normalized spacial score (nSPS) is 17.7. The van der Waals surface area contributed by atoms with Crippen LogP contribution in [0.15, 0.2) is 54.1 Å². The highest BCUT2D eigenvalue weighted by molar-refractivity contribution is 7.16. The van der Waals surface area contributed by atoms with Crippen LogP contribution in [0, 0.1) is 29.8 Å². The van der Waals surface area contributed by atoms with Gasteiger partial charge in [0.15, 0.2) is 5.13 Å². The minimum atomic E-state index is -1.06. The number of thiazole rings is 1. The number of aliphatic hydroxyl groups is 1. The molecule has 1 amide bonds. The molecule has 10 heteroatoms. The zero-order chi connectivity index (χ0) is 23.2.